The van der Waals surface area contributed by atoms with Gasteiger partial charge in [-0.1, -0.05) is 0 Å². The first kappa shape index (κ1) is 38.0. The molecule has 0 unspecified atom stereocenters. The average molecular weight is 460 g/mol. The molecule has 0 bridgehead atoms. The van der Waals surface area contributed by atoms with Gasteiger partial charge in [0.05, 0.1) is 33.6 Å². The van der Waals surface area contributed by atoms with Crippen LogP contribution in [0.1, 0.15) is 83.1 Å². The fourth-order valence-electron chi connectivity index (χ4n) is 0.109. The molecule has 11 nitrogen and oxygen atoms in total. The van der Waals surface area contributed by atoms with Crippen LogP contribution in [0, 0.1) is 0 Å². The second kappa shape index (κ2) is 13.4. The van der Waals surface area contributed by atoms with Gasteiger partial charge in [0, 0.05) is 0 Å². The van der Waals surface area contributed by atoms with Crippen molar-refractivity contribution in [3.63, 3.8) is 0 Å². The van der Waals surface area contributed by atoms with E-state index in [1.54, 1.807) is 83.1 Å². The van der Waals surface area contributed by atoms with E-state index < -0.39 is 48.2 Å². The van der Waals surface area contributed by atoms with Gasteiger partial charge in [-0.15, -0.1) is 0 Å². The van der Waals surface area contributed by atoms with Crippen molar-refractivity contribution in [1.82, 2.24) is 0 Å². The Labute approximate surface area is 187 Å². The second-order valence-corrected chi connectivity index (χ2v) is 10.1. The molecule has 0 saturated carbocycles. The van der Waals surface area contributed by atoms with Crippen LogP contribution in [0.15, 0.2) is 0 Å². The topological polar surface area (TPSA) is 212 Å². The predicted molar refractivity (Wildman–Crippen MR) is 119 cm³/mol. The molecular formula is C18H46B2O11. The van der Waals surface area contributed by atoms with Crippen molar-refractivity contribution in [2.24, 2.45) is 0 Å². The largest absolute Gasteiger partial charge is 0.621 e. The van der Waals surface area contributed by atoms with Gasteiger partial charge in [0.1, 0.15) is 0 Å². The molecule has 13 heteroatoms. The minimum Gasteiger partial charge on any atom is -0.402 e. The van der Waals surface area contributed by atoms with Crippen LogP contribution >= 0.6 is 0 Å². The van der Waals surface area contributed by atoms with Crippen molar-refractivity contribution in [2.75, 3.05) is 0 Å². The summed E-state index contributed by atoms with van der Waals surface area (Å²) in [6.45, 7) is 18.9. The van der Waals surface area contributed by atoms with Crippen LogP contribution in [-0.4, -0.2) is 99.0 Å². The average Bonchev–Trinajstić information content (AvgIpc) is 2.30. The van der Waals surface area contributed by atoms with Crippen LogP contribution in [-0.2, 0) is 4.57 Å². The number of rotatable bonds is 5. The minimum absolute atomic E-state index is 1.01. The molecule has 0 radical (unpaired) electrons. The fraction of sp³-hybridized carbons (Fsp3) is 1.00. The zero-order valence-electron chi connectivity index (χ0n) is 21.0. The molecule has 0 heterocycles. The summed E-state index contributed by atoms with van der Waals surface area (Å²) in [6, 6.07) is 0. The molecule has 0 fully saturated rings. The monoisotopic (exact) mass is 460 g/mol. The molecule has 0 aromatic carbocycles. The van der Waals surface area contributed by atoms with Gasteiger partial charge >= 0.3 is 14.6 Å². The standard InChI is InChI=1S/3C6H14O2.B2H4O5/c3*1-5(2,7)6(3,4)8;3-1(4)7-2(5)6/h3*7-8H,1-4H3;3-6H. The van der Waals surface area contributed by atoms with Crippen molar-refractivity contribution < 1.29 is 55.3 Å². The van der Waals surface area contributed by atoms with Crippen LogP contribution in [0.3, 0.4) is 0 Å². The highest BCUT2D eigenvalue weighted by Gasteiger charge is 2.33. The maximum atomic E-state index is 9.10. The van der Waals surface area contributed by atoms with E-state index in [0.29, 0.717) is 0 Å². The molecule has 10 N–H and O–H groups in total. The summed E-state index contributed by atoms with van der Waals surface area (Å²) >= 11 is 0. The highest BCUT2D eigenvalue weighted by Crippen LogP contribution is 2.20. The van der Waals surface area contributed by atoms with Gasteiger partial charge in [0.15, 0.2) is 0 Å². The molecule has 0 atom stereocenters. The lowest BCUT2D eigenvalue weighted by atomic mass is 9.90. The minimum atomic E-state index is -2.13. The first-order valence-electron chi connectivity index (χ1n) is 9.60. The Morgan fingerprint density at radius 2 is 0.452 bits per heavy atom. The van der Waals surface area contributed by atoms with E-state index in [4.69, 9.17) is 50.7 Å². The lowest BCUT2D eigenvalue weighted by Gasteiger charge is -2.31. The molecule has 0 aliphatic carbocycles. The van der Waals surface area contributed by atoms with Crippen molar-refractivity contribution >= 4 is 14.6 Å². The number of hydrogen-bond acceptors (Lipinski definition) is 11. The number of aliphatic hydroxyl groups is 6. The van der Waals surface area contributed by atoms with Crippen molar-refractivity contribution in [3.8, 4) is 0 Å². The van der Waals surface area contributed by atoms with Gasteiger partial charge in [0.2, 0.25) is 0 Å². The molecule has 0 rings (SSSR count). The maximum absolute atomic E-state index is 9.10. The summed E-state index contributed by atoms with van der Waals surface area (Å²) in [5.74, 6) is 0. The Balaban J connectivity index is -0.000000157. The van der Waals surface area contributed by atoms with E-state index in [-0.39, 0.29) is 0 Å². The number of hydrogen-bond donors (Lipinski definition) is 10. The lowest BCUT2D eigenvalue weighted by Crippen LogP contribution is -2.44. The third kappa shape index (κ3) is 24.2. The molecule has 0 aromatic rings. The highest BCUT2D eigenvalue weighted by atomic mass is 16.7. The zero-order valence-corrected chi connectivity index (χ0v) is 21.0. The Kier molecular flexibility index (Phi) is 16.4. The van der Waals surface area contributed by atoms with Crippen LogP contribution in [0.25, 0.3) is 0 Å². The zero-order chi connectivity index (χ0) is 26.9. The Morgan fingerprint density at radius 1 is 0.355 bits per heavy atom. The SMILES string of the molecule is CC(C)(O)C(C)(C)O.CC(C)(O)C(C)(C)O.CC(C)(O)C(C)(C)O.OB(O)OB(O)O. The molecule has 0 saturated heterocycles. The van der Waals surface area contributed by atoms with Crippen LogP contribution in [0.2, 0.25) is 0 Å². The van der Waals surface area contributed by atoms with Crippen LogP contribution in [0.5, 0.6) is 0 Å². The summed E-state index contributed by atoms with van der Waals surface area (Å²) in [5.41, 5.74) is -6.04. The molecule has 0 aliphatic heterocycles. The Bertz CT molecular complexity index is 345. The van der Waals surface area contributed by atoms with E-state index in [2.05, 4.69) is 4.57 Å². The summed E-state index contributed by atoms with van der Waals surface area (Å²) in [5, 5.41) is 85.6. The molecule has 0 amide bonds. The van der Waals surface area contributed by atoms with Crippen molar-refractivity contribution in [1.29, 1.82) is 0 Å². The fourth-order valence-corrected chi connectivity index (χ4v) is 0.109. The van der Waals surface area contributed by atoms with Gasteiger partial charge in [-0.3, -0.25) is 0 Å². The summed E-state index contributed by atoms with van der Waals surface area (Å²) in [4.78, 5) is 0. The summed E-state index contributed by atoms with van der Waals surface area (Å²) < 4.78 is 3.47. The highest BCUT2D eigenvalue weighted by molar-refractivity contribution is 6.48. The summed E-state index contributed by atoms with van der Waals surface area (Å²) in [6.07, 6.45) is 0. The van der Waals surface area contributed by atoms with E-state index in [1.165, 1.54) is 0 Å². The third-order valence-corrected chi connectivity index (χ3v) is 4.74. The van der Waals surface area contributed by atoms with Crippen molar-refractivity contribution in [2.45, 2.75) is 117 Å². The maximum Gasteiger partial charge on any atom is 0.621 e. The summed E-state index contributed by atoms with van der Waals surface area (Å²) in [7, 11) is -4.25. The van der Waals surface area contributed by atoms with Gasteiger partial charge < -0.3 is 55.3 Å². The first-order valence-corrected chi connectivity index (χ1v) is 9.60. The normalized spacial score (nSPS) is 13.0. The smallest absolute Gasteiger partial charge is 0.402 e. The van der Waals surface area contributed by atoms with E-state index in [1.807, 2.05) is 0 Å². The van der Waals surface area contributed by atoms with Gasteiger partial charge in [-0.2, -0.15) is 0 Å². The Morgan fingerprint density at radius 3 is 0.452 bits per heavy atom. The third-order valence-electron chi connectivity index (χ3n) is 4.74. The molecule has 0 aliphatic rings. The first-order chi connectivity index (χ1) is 12.9. The van der Waals surface area contributed by atoms with Gasteiger partial charge in [-0.25, -0.2) is 0 Å². The van der Waals surface area contributed by atoms with E-state index in [9.17, 15) is 0 Å². The molecular weight excluding hydrogens is 414 g/mol. The molecule has 31 heavy (non-hydrogen) atoms. The van der Waals surface area contributed by atoms with Crippen LogP contribution < -0.4 is 0 Å². The Hall–Kier alpha value is -0.310. The van der Waals surface area contributed by atoms with Gasteiger partial charge in [-0.05, 0) is 83.1 Å². The van der Waals surface area contributed by atoms with Crippen molar-refractivity contribution in [3.05, 3.63) is 0 Å². The quantitative estimate of drug-likeness (QED) is 0.214. The molecule has 190 valence electrons. The van der Waals surface area contributed by atoms with Crippen LogP contribution in [0.4, 0.5) is 0 Å². The second-order valence-electron chi connectivity index (χ2n) is 10.1. The van der Waals surface area contributed by atoms with E-state index >= 15 is 0 Å². The lowest BCUT2D eigenvalue weighted by molar-refractivity contribution is -0.107. The molecule has 0 spiro atoms. The van der Waals surface area contributed by atoms with E-state index in [0.717, 1.165) is 0 Å². The molecule has 0 aromatic heterocycles. The predicted octanol–water partition coefficient (Wildman–Crippen LogP) is -1.47. The van der Waals surface area contributed by atoms with Gasteiger partial charge in [0.25, 0.3) is 0 Å².